The number of carbonyl (C=O) groups excluding carboxylic acids is 1. The van der Waals surface area contributed by atoms with Gasteiger partial charge in [0.05, 0.1) is 17.0 Å². The molecular formula is C24H17NO4. The maximum absolute atomic E-state index is 13.3. The van der Waals surface area contributed by atoms with Crippen molar-refractivity contribution in [3.8, 4) is 5.75 Å². The molecule has 0 aliphatic carbocycles. The van der Waals surface area contributed by atoms with Crippen LogP contribution in [0.1, 0.15) is 33.3 Å². The molecule has 1 aliphatic rings. The molecule has 0 radical (unpaired) electrons. The zero-order valence-electron chi connectivity index (χ0n) is 15.4. The summed E-state index contributed by atoms with van der Waals surface area (Å²) in [5, 5.41) is 10.1. The van der Waals surface area contributed by atoms with Gasteiger partial charge >= 0.3 is 0 Å². The van der Waals surface area contributed by atoms with Crippen LogP contribution in [0.15, 0.2) is 88.1 Å². The topological polar surface area (TPSA) is 70.8 Å². The van der Waals surface area contributed by atoms with E-state index in [0.29, 0.717) is 23.1 Å². The standard InChI is InChI=1S/C24H17NO4/c26-17-12-10-16(11-13-17)21-20-22(27)18-8-4-5-9-19(18)29-23(20)24(28)25(21)14-15-6-2-1-3-7-15/h1-13,21,26H,14H2. The van der Waals surface area contributed by atoms with Gasteiger partial charge in [-0.1, -0.05) is 54.6 Å². The molecule has 4 aromatic rings. The Labute approximate surface area is 166 Å². The molecule has 1 aliphatic heterocycles. The fourth-order valence-electron chi connectivity index (χ4n) is 3.91. The van der Waals surface area contributed by atoms with Crippen molar-refractivity contribution in [1.82, 2.24) is 4.90 Å². The van der Waals surface area contributed by atoms with Crippen LogP contribution in [0.3, 0.4) is 0 Å². The maximum atomic E-state index is 13.3. The van der Waals surface area contributed by atoms with E-state index >= 15 is 0 Å². The number of hydrogen-bond acceptors (Lipinski definition) is 4. The molecule has 3 aromatic carbocycles. The summed E-state index contributed by atoms with van der Waals surface area (Å²) < 4.78 is 5.90. The van der Waals surface area contributed by atoms with E-state index in [4.69, 9.17) is 4.42 Å². The van der Waals surface area contributed by atoms with Crippen LogP contribution in [0.2, 0.25) is 0 Å². The highest BCUT2D eigenvalue weighted by Gasteiger charge is 2.42. The lowest BCUT2D eigenvalue weighted by Crippen LogP contribution is -2.29. The molecule has 142 valence electrons. The Bertz CT molecular complexity index is 1280. The minimum Gasteiger partial charge on any atom is -0.508 e. The van der Waals surface area contributed by atoms with E-state index < -0.39 is 6.04 Å². The van der Waals surface area contributed by atoms with Crippen LogP contribution in [0.4, 0.5) is 0 Å². The van der Waals surface area contributed by atoms with E-state index in [2.05, 4.69) is 0 Å². The Morgan fingerprint density at radius 2 is 1.55 bits per heavy atom. The quantitative estimate of drug-likeness (QED) is 0.574. The number of para-hydroxylation sites is 1. The van der Waals surface area contributed by atoms with Crippen molar-refractivity contribution in [1.29, 1.82) is 0 Å². The average molecular weight is 383 g/mol. The number of hydrogen-bond donors (Lipinski definition) is 1. The van der Waals surface area contributed by atoms with Crippen molar-refractivity contribution in [3.63, 3.8) is 0 Å². The molecule has 2 heterocycles. The highest BCUT2D eigenvalue weighted by atomic mass is 16.3. The van der Waals surface area contributed by atoms with Crippen LogP contribution in [0.5, 0.6) is 5.75 Å². The summed E-state index contributed by atoms with van der Waals surface area (Å²) in [6, 6.07) is 22.6. The van der Waals surface area contributed by atoms with E-state index in [1.165, 1.54) is 0 Å². The summed E-state index contributed by atoms with van der Waals surface area (Å²) >= 11 is 0. The van der Waals surface area contributed by atoms with E-state index in [1.54, 1.807) is 53.4 Å². The van der Waals surface area contributed by atoms with Crippen molar-refractivity contribution in [3.05, 3.63) is 112 Å². The lowest BCUT2D eigenvalue weighted by molar-refractivity contribution is 0.0714. The second-order valence-electron chi connectivity index (χ2n) is 7.08. The molecule has 1 unspecified atom stereocenters. The summed E-state index contributed by atoms with van der Waals surface area (Å²) in [4.78, 5) is 28.3. The van der Waals surface area contributed by atoms with Gasteiger partial charge in [-0.3, -0.25) is 9.59 Å². The number of phenols is 1. The van der Waals surface area contributed by atoms with E-state index in [0.717, 1.165) is 11.1 Å². The number of carbonyl (C=O) groups is 1. The molecule has 5 nitrogen and oxygen atoms in total. The molecule has 1 amide bonds. The van der Waals surface area contributed by atoms with Gasteiger partial charge in [-0.05, 0) is 35.4 Å². The van der Waals surface area contributed by atoms with Crippen molar-refractivity contribution >= 4 is 16.9 Å². The van der Waals surface area contributed by atoms with E-state index in [1.807, 2.05) is 30.3 Å². The van der Waals surface area contributed by atoms with Crippen molar-refractivity contribution < 1.29 is 14.3 Å². The molecule has 5 rings (SSSR count). The summed E-state index contributed by atoms with van der Waals surface area (Å²) in [6.45, 7) is 0.338. The molecule has 0 fully saturated rings. The molecule has 0 bridgehead atoms. The number of amides is 1. The first-order valence-electron chi connectivity index (χ1n) is 9.33. The number of fused-ring (bicyclic) bond motifs is 2. The van der Waals surface area contributed by atoms with Gasteiger partial charge in [0.1, 0.15) is 11.3 Å². The molecule has 0 spiro atoms. The monoisotopic (exact) mass is 383 g/mol. The SMILES string of the molecule is O=C1c2oc3ccccc3c(=O)c2C(c2ccc(O)cc2)N1Cc1ccccc1. The normalized spacial score (nSPS) is 15.7. The summed E-state index contributed by atoms with van der Waals surface area (Å²) in [7, 11) is 0. The molecular weight excluding hydrogens is 366 g/mol. The Balaban J connectivity index is 1.73. The van der Waals surface area contributed by atoms with Crippen molar-refractivity contribution in [2.24, 2.45) is 0 Å². The van der Waals surface area contributed by atoms with Crippen LogP contribution < -0.4 is 5.43 Å². The van der Waals surface area contributed by atoms with Gasteiger partial charge in [-0.15, -0.1) is 0 Å². The number of rotatable bonds is 3. The van der Waals surface area contributed by atoms with Gasteiger partial charge in [0, 0.05) is 6.54 Å². The molecule has 0 saturated carbocycles. The fourth-order valence-corrected chi connectivity index (χ4v) is 3.91. The van der Waals surface area contributed by atoms with Crippen LogP contribution in [0.25, 0.3) is 11.0 Å². The van der Waals surface area contributed by atoms with Gasteiger partial charge in [-0.25, -0.2) is 0 Å². The summed E-state index contributed by atoms with van der Waals surface area (Å²) in [5.74, 6) is -0.106. The Kier molecular flexibility index (Phi) is 3.95. The number of phenolic OH excluding ortho intramolecular Hbond substituents is 1. The Hall–Kier alpha value is -3.86. The lowest BCUT2D eigenvalue weighted by atomic mass is 9.98. The Morgan fingerprint density at radius 1 is 0.862 bits per heavy atom. The smallest absolute Gasteiger partial charge is 0.291 e. The molecule has 29 heavy (non-hydrogen) atoms. The van der Waals surface area contributed by atoms with Gasteiger partial charge < -0.3 is 14.4 Å². The predicted molar refractivity (Wildman–Crippen MR) is 109 cm³/mol. The van der Waals surface area contributed by atoms with Gasteiger partial charge in [0.25, 0.3) is 5.91 Å². The van der Waals surface area contributed by atoms with Crippen LogP contribution in [-0.2, 0) is 6.54 Å². The highest BCUT2D eigenvalue weighted by molar-refractivity contribution is 5.99. The number of benzene rings is 3. The van der Waals surface area contributed by atoms with E-state index in [-0.39, 0.29) is 22.8 Å². The molecule has 5 heteroatoms. The lowest BCUT2D eigenvalue weighted by Gasteiger charge is -2.25. The minimum absolute atomic E-state index is 0.0858. The zero-order chi connectivity index (χ0) is 20.0. The maximum Gasteiger partial charge on any atom is 0.291 e. The second kappa shape index (κ2) is 6.63. The van der Waals surface area contributed by atoms with Gasteiger partial charge in [0.2, 0.25) is 5.76 Å². The molecule has 1 N–H and O–H groups in total. The third kappa shape index (κ3) is 2.79. The van der Waals surface area contributed by atoms with Crippen molar-refractivity contribution in [2.75, 3.05) is 0 Å². The first-order chi connectivity index (χ1) is 14.1. The first kappa shape index (κ1) is 17.3. The van der Waals surface area contributed by atoms with Crippen LogP contribution in [0, 0.1) is 0 Å². The largest absolute Gasteiger partial charge is 0.508 e. The third-order valence-electron chi connectivity index (χ3n) is 5.28. The van der Waals surface area contributed by atoms with E-state index in [9.17, 15) is 14.7 Å². The number of aromatic hydroxyl groups is 1. The van der Waals surface area contributed by atoms with Crippen LogP contribution in [-0.4, -0.2) is 15.9 Å². The first-order valence-corrected chi connectivity index (χ1v) is 9.33. The molecule has 1 atom stereocenters. The van der Waals surface area contributed by atoms with Gasteiger partial charge in [-0.2, -0.15) is 0 Å². The van der Waals surface area contributed by atoms with Crippen LogP contribution >= 0.6 is 0 Å². The third-order valence-corrected chi connectivity index (χ3v) is 5.28. The van der Waals surface area contributed by atoms with Crippen molar-refractivity contribution in [2.45, 2.75) is 12.6 Å². The second-order valence-corrected chi connectivity index (χ2v) is 7.08. The molecule has 1 aromatic heterocycles. The molecule has 0 saturated heterocycles. The number of nitrogens with zero attached hydrogens (tertiary/aromatic N) is 1. The summed E-state index contributed by atoms with van der Waals surface area (Å²) in [5.41, 5.74) is 2.23. The highest BCUT2D eigenvalue weighted by Crippen LogP contribution is 2.39. The predicted octanol–water partition coefficient (Wildman–Crippen LogP) is 4.24. The zero-order valence-corrected chi connectivity index (χ0v) is 15.4. The van der Waals surface area contributed by atoms with Gasteiger partial charge in [0.15, 0.2) is 5.43 Å². The summed E-state index contributed by atoms with van der Waals surface area (Å²) in [6.07, 6.45) is 0. The Morgan fingerprint density at radius 3 is 2.31 bits per heavy atom. The minimum atomic E-state index is -0.584. The average Bonchev–Trinajstić information content (AvgIpc) is 3.02. The fraction of sp³-hybridized carbons (Fsp3) is 0.0833.